The van der Waals surface area contributed by atoms with E-state index in [1.54, 1.807) is 49.4 Å². The highest BCUT2D eigenvalue weighted by molar-refractivity contribution is 7.91. The number of aromatic hydroxyl groups is 1. The van der Waals surface area contributed by atoms with Crippen LogP contribution in [0.1, 0.15) is 89.1 Å². The third-order valence-electron chi connectivity index (χ3n) is 12.2. The molecule has 1 heterocycles. The van der Waals surface area contributed by atoms with Crippen LogP contribution < -0.4 is 26.4 Å². The Morgan fingerprint density at radius 1 is 0.879 bits per heavy atom. The lowest BCUT2D eigenvalue weighted by Crippen LogP contribution is -2.40. The minimum atomic E-state index is -4.16. The first-order valence-corrected chi connectivity index (χ1v) is 26.4. The highest BCUT2D eigenvalue weighted by Gasteiger charge is 2.37. The summed E-state index contributed by atoms with van der Waals surface area (Å²) in [6.45, 7) is 14.1. The lowest BCUT2D eigenvalue weighted by molar-refractivity contribution is 0.0998. The van der Waals surface area contributed by atoms with Crippen LogP contribution in [0.2, 0.25) is 18.1 Å². The molecule has 15 heteroatoms. The van der Waals surface area contributed by atoms with Gasteiger partial charge in [0.05, 0.1) is 46.4 Å². The molecule has 13 nitrogen and oxygen atoms in total. The number of hydrogen-bond donors (Lipinski definition) is 6. The average Bonchev–Trinajstić information content (AvgIpc) is 3.28. The number of aromatic nitrogens is 1. The largest absolute Gasteiger partial charge is 0.508 e. The molecule has 0 saturated carbocycles. The van der Waals surface area contributed by atoms with E-state index in [0.717, 1.165) is 43.4 Å². The fourth-order valence-electron chi connectivity index (χ4n) is 7.18. The molecule has 0 bridgehead atoms. The Morgan fingerprint density at radius 3 is 2.33 bits per heavy atom. The van der Waals surface area contributed by atoms with Gasteiger partial charge in [-0.05, 0) is 134 Å². The van der Waals surface area contributed by atoms with Gasteiger partial charge in [0, 0.05) is 46.7 Å². The number of nitrogens with zero attached hydrogens (tertiary/aromatic N) is 1. The average molecular weight is 932 g/mol. The Bertz CT molecular complexity index is 2810. The number of ether oxygens (including phenoxy) is 1. The molecular formula is C51H61N5O8SSi. The van der Waals surface area contributed by atoms with Crippen molar-refractivity contribution in [3.05, 3.63) is 143 Å². The molecule has 0 saturated heterocycles. The molecule has 348 valence electrons. The number of phenols is 1. The predicted molar refractivity (Wildman–Crippen MR) is 263 cm³/mol. The van der Waals surface area contributed by atoms with Gasteiger partial charge in [-0.2, -0.15) is 0 Å². The Morgan fingerprint density at radius 2 is 1.62 bits per heavy atom. The molecule has 7 N–H and O–H groups in total. The topological polar surface area (TPSA) is 202 Å². The zero-order valence-corrected chi connectivity index (χ0v) is 40.5. The third-order valence-corrected chi connectivity index (χ3v) is 18.4. The van der Waals surface area contributed by atoms with Crippen molar-refractivity contribution in [2.45, 2.75) is 94.0 Å². The number of nitrogens with two attached hydrogens (primary N) is 1. The van der Waals surface area contributed by atoms with Crippen molar-refractivity contribution in [3.8, 4) is 11.5 Å². The monoisotopic (exact) mass is 931 g/mol. The van der Waals surface area contributed by atoms with Crippen LogP contribution in [0.3, 0.4) is 0 Å². The number of aliphatic hydroxyl groups excluding tert-OH is 1. The molecule has 6 rings (SSSR count). The molecule has 5 aromatic carbocycles. The van der Waals surface area contributed by atoms with E-state index < -0.39 is 36.1 Å². The number of unbranched alkanes of at least 4 members (excludes halogenated alkanes) is 2. The number of primary amides is 1. The molecule has 6 aromatic rings. The van der Waals surface area contributed by atoms with Crippen molar-refractivity contribution in [1.82, 2.24) is 10.3 Å². The molecule has 1 aromatic heterocycles. The lowest BCUT2D eigenvalue weighted by atomic mass is 10.0. The smallest absolute Gasteiger partial charge is 0.255 e. The number of benzene rings is 5. The van der Waals surface area contributed by atoms with Gasteiger partial charge in [-0.25, -0.2) is 8.42 Å². The summed E-state index contributed by atoms with van der Waals surface area (Å²) < 4.78 is 40.0. The molecular weight excluding hydrogens is 871 g/mol. The maximum Gasteiger partial charge on any atom is 0.255 e. The van der Waals surface area contributed by atoms with Gasteiger partial charge in [-0.15, -0.1) is 0 Å². The van der Waals surface area contributed by atoms with Crippen molar-refractivity contribution in [2.24, 2.45) is 5.73 Å². The molecule has 2 amide bonds. The zero-order valence-electron chi connectivity index (χ0n) is 38.7. The van der Waals surface area contributed by atoms with E-state index in [9.17, 15) is 28.2 Å². The van der Waals surface area contributed by atoms with Crippen LogP contribution >= 0.6 is 0 Å². The molecule has 1 unspecified atom stereocenters. The number of carbonyl (C=O) groups is 2. The van der Waals surface area contributed by atoms with Crippen LogP contribution in [0, 0.1) is 6.92 Å². The Balaban J connectivity index is 1.01. The highest BCUT2D eigenvalue weighted by atomic mass is 32.2. The van der Waals surface area contributed by atoms with Crippen molar-refractivity contribution in [2.75, 3.05) is 30.8 Å². The summed E-state index contributed by atoms with van der Waals surface area (Å²) in [7, 11) is -4.62. The van der Waals surface area contributed by atoms with Gasteiger partial charge >= 0.3 is 0 Å². The first-order chi connectivity index (χ1) is 31.3. The Hall–Kier alpha value is -6.10. The molecule has 0 aliphatic rings. The lowest BCUT2D eigenvalue weighted by Gasteiger charge is -2.36. The van der Waals surface area contributed by atoms with E-state index in [0.29, 0.717) is 58.0 Å². The fraction of sp³-hybridized carbons (Fsp3) is 0.314. The van der Waals surface area contributed by atoms with Gasteiger partial charge in [0.25, 0.3) is 11.8 Å². The Labute approximate surface area is 388 Å². The normalized spacial score (nSPS) is 12.5. The minimum absolute atomic E-state index is 0.0455. The predicted octanol–water partition coefficient (Wildman–Crippen LogP) is 9.74. The summed E-state index contributed by atoms with van der Waals surface area (Å²) >= 11 is 0. The molecule has 1 atom stereocenters. The van der Waals surface area contributed by atoms with E-state index >= 15 is 0 Å². The Kier molecular flexibility index (Phi) is 15.7. The molecule has 0 fully saturated rings. The number of amides is 2. The number of sulfone groups is 1. The number of anilines is 3. The summed E-state index contributed by atoms with van der Waals surface area (Å²) in [5, 5.41) is 31.1. The van der Waals surface area contributed by atoms with Crippen LogP contribution in [0.4, 0.5) is 17.1 Å². The molecule has 0 aliphatic carbocycles. The van der Waals surface area contributed by atoms with Gasteiger partial charge in [0.1, 0.15) is 11.5 Å². The third kappa shape index (κ3) is 12.0. The van der Waals surface area contributed by atoms with Crippen molar-refractivity contribution in [1.29, 1.82) is 0 Å². The number of rotatable bonds is 20. The second-order valence-corrected chi connectivity index (χ2v) is 24.8. The van der Waals surface area contributed by atoms with Crippen LogP contribution in [0.25, 0.3) is 10.9 Å². The number of pyridine rings is 1. The number of methoxy groups -OCH3 is 1. The highest BCUT2D eigenvalue weighted by Crippen LogP contribution is 2.38. The van der Waals surface area contributed by atoms with Crippen LogP contribution in [0.15, 0.2) is 119 Å². The van der Waals surface area contributed by atoms with Crippen molar-refractivity contribution in [3.63, 3.8) is 0 Å². The number of carbonyl (C=O) groups excluding carboxylic acids is 2. The maximum atomic E-state index is 14.2. The summed E-state index contributed by atoms with van der Waals surface area (Å²) in [6, 6.07) is 28.7. The van der Waals surface area contributed by atoms with Gasteiger partial charge in [0.15, 0.2) is 8.32 Å². The molecule has 0 spiro atoms. The van der Waals surface area contributed by atoms with Crippen molar-refractivity contribution >= 4 is 57.9 Å². The molecule has 0 aliphatic heterocycles. The van der Waals surface area contributed by atoms with Gasteiger partial charge in [0.2, 0.25) is 9.84 Å². The quantitative estimate of drug-likeness (QED) is 0.0314. The number of aliphatic hydroxyl groups is 1. The minimum Gasteiger partial charge on any atom is -0.508 e. The van der Waals surface area contributed by atoms with Crippen molar-refractivity contribution < 1.29 is 37.4 Å². The van der Waals surface area contributed by atoms with Gasteiger partial charge in [-0.1, -0.05) is 57.5 Å². The summed E-state index contributed by atoms with van der Waals surface area (Å²) in [6.07, 6.45) is 4.40. The first-order valence-electron chi connectivity index (χ1n) is 22.0. The number of hydrogen-bond acceptors (Lipinski definition) is 11. The second-order valence-electron chi connectivity index (χ2n) is 18.1. The SMILES string of the molecule is COc1cccc(Nc2c(C(N)=O)cnc3c(C)cc(S(=O)(=O)c4cccc(C(=O)Nc5ccc(CCCCCNCC(O)c6ccc(O)c(CO[Si](C)(C)C(C)(C)C)c6)cc5)c4)cc23)c1. The summed E-state index contributed by atoms with van der Waals surface area (Å²) in [5.41, 5.74) is 11.0. The number of phenolic OH excluding ortho intramolecular Hbond substituents is 1. The molecule has 66 heavy (non-hydrogen) atoms. The van der Waals surface area contributed by atoms with Crippen LogP contribution in [-0.4, -0.2) is 63.9 Å². The molecule has 0 radical (unpaired) electrons. The van der Waals surface area contributed by atoms with E-state index in [2.05, 4.69) is 54.8 Å². The second kappa shape index (κ2) is 21.0. The maximum absolute atomic E-state index is 14.2. The zero-order chi connectivity index (χ0) is 47.8. The van der Waals surface area contributed by atoms with E-state index in [-0.39, 0.29) is 31.7 Å². The van der Waals surface area contributed by atoms with Gasteiger partial charge < -0.3 is 41.1 Å². The number of nitrogens with one attached hydrogen (secondary N) is 3. The standard InChI is InChI=1S/C51H61N5O8SSi/c1-33-25-42(29-43-47(33)54-30-44(49(52)59)48(43)55-39-15-12-16-40(28-39)63-5)65(61,62)41-17-11-14-36(27-41)50(60)56-38-21-18-34(19-22-38)13-9-8-10-24-53-31-46(58)35-20-23-45(57)37(26-35)32-64-66(6,7)51(2,3)4/h11-12,14-23,25-30,46,53,57-58H,8-10,13,24,31-32H2,1-7H3,(H2,52,59)(H,54,55)(H,56,60). The van der Waals surface area contributed by atoms with Gasteiger partial charge in [-0.3, -0.25) is 14.6 Å². The number of fused-ring (bicyclic) bond motifs is 1. The summed E-state index contributed by atoms with van der Waals surface area (Å²) in [5.74, 6) is -0.462. The summed E-state index contributed by atoms with van der Waals surface area (Å²) in [4.78, 5) is 30.3. The first kappa shape index (κ1) is 49.3. The fourth-order valence-corrected chi connectivity index (χ4v) is 9.55. The van der Waals surface area contributed by atoms with Crippen LogP contribution in [-0.2, 0) is 27.3 Å². The van der Waals surface area contributed by atoms with E-state index in [1.165, 1.54) is 43.6 Å². The van der Waals surface area contributed by atoms with E-state index in [4.69, 9.17) is 14.9 Å². The van der Waals surface area contributed by atoms with E-state index in [1.807, 2.05) is 30.3 Å². The van der Waals surface area contributed by atoms with Crippen LogP contribution in [0.5, 0.6) is 11.5 Å². The number of aryl methyl sites for hydroxylation is 2.